The summed E-state index contributed by atoms with van der Waals surface area (Å²) in [6.45, 7) is 9.06. The van der Waals surface area contributed by atoms with Crippen LogP contribution in [0.4, 0.5) is 4.79 Å². The van der Waals surface area contributed by atoms with Crippen LogP contribution in [0.25, 0.3) is 0 Å². The number of nitrogens with zero attached hydrogens (tertiary/aromatic N) is 2. The van der Waals surface area contributed by atoms with Crippen molar-refractivity contribution >= 4 is 18.0 Å². The average Bonchev–Trinajstić information content (AvgIpc) is 3.07. The Kier molecular flexibility index (Phi) is 34.6. The van der Waals surface area contributed by atoms with E-state index in [-0.39, 0.29) is 24.1 Å². The maximum atomic E-state index is 12.6. The van der Waals surface area contributed by atoms with Gasteiger partial charge in [-0.15, -0.1) is 0 Å². The smallest absolute Gasteiger partial charge is 0.407 e. The molecule has 0 aromatic rings. The molecular formula is C40H79N3O6. The van der Waals surface area contributed by atoms with Crippen molar-refractivity contribution in [2.75, 3.05) is 60.5 Å². The number of unbranched alkanes of at least 4 members (excludes halogenated alkanes) is 15. The van der Waals surface area contributed by atoms with Gasteiger partial charge in [-0.1, -0.05) is 78.1 Å². The molecular weight excluding hydrogens is 618 g/mol. The summed E-state index contributed by atoms with van der Waals surface area (Å²) in [5, 5.41) is 2.95. The zero-order chi connectivity index (χ0) is 36.2. The maximum Gasteiger partial charge on any atom is 0.407 e. The van der Waals surface area contributed by atoms with Crippen LogP contribution in [-0.2, 0) is 23.8 Å². The number of nitrogens with one attached hydrogen (secondary N) is 1. The summed E-state index contributed by atoms with van der Waals surface area (Å²) in [7, 11) is 6.35. The number of rotatable bonds is 36. The van der Waals surface area contributed by atoms with Crippen LogP contribution in [-0.4, -0.2) is 94.5 Å². The van der Waals surface area contributed by atoms with Gasteiger partial charge in [0, 0.05) is 19.4 Å². The molecule has 1 N–H and O–H groups in total. The molecule has 0 heterocycles. The molecule has 49 heavy (non-hydrogen) atoms. The third kappa shape index (κ3) is 35.7. The summed E-state index contributed by atoms with van der Waals surface area (Å²) in [6, 6.07) is 0. The van der Waals surface area contributed by atoms with Crippen molar-refractivity contribution in [3.05, 3.63) is 0 Å². The van der Waals surface area contributed by atoms with Crippen LogP contribution >= 0.6 is 0 Å². The van der Waals surface area contributed by atoms with Crippen molar-refractivity contribution in [3.63, 3.8) is 0 Å². The summed E-state index contributed by atoms with van der Waals surface area (Å²) in [5.41, 5.74) is 0. The highest BCUT2D eigenvalue weighted by Gasteiger charge is 2.15. The van der Waals surface area contributed by atoms with Crippen LogP contribution in [0.5, 0.6) is 0 Å². The Morgan fingerprint density at radius 2 is 0.980 bits per heavy atom. The summed E-state index contributed by atoms with van der Waals surface area (Å²) in [4.78, 5) is 41.2. The van der Waals surface area contributed by atoms with Gasteiger partial charge >= 0.3 is 18.0 Å². The highest BCUT2D eigenvalue weighted by Crippen LogP contribution is 2.16. The van der Waals surface area contributed by atoms with Gasteiger partial charge in [-0.3, -0.25) is 9.59 Å². The number of alkyl carbamates (subject to hydrolysis) is 1. The monoisotopic (exact) mass is 698 g/mol. The molecule has 290 valence electrons. The number of ether oxygens (including phenoxy) is 3. The Hall–Kier alpha value is -1.87. The molecule has 0 aromatic carbocycles. The fourth-order valence-corrected chi connectivity index (χ4v) is 5.83. The fraction of sp³-hybridized carbons (Fsp3) is 0.925. The topological polar surface area (TPSA) is 97.4 Å². The number of hydrogen-bond acceptors (Lipinski definition) is 8. The number of carbonyl (C=O) groups is 3. The average molecular weight is 698 g/mol. The first-order valence-corrected chi connectivity index (χ1v) is 20.4. The second-order valence-corrected chi connectivity index (χ2v) is 14.3. The predicted molar refractivity (Wildman–Crippen MR) is 203 cm³/mol. The first kappa shape index (κ1) is 47.1. The van der Waals surface area contributed by atoms with Crippen molar-refractivity contribution in [1.82, 2.24) is 15.1 Å². The van der Waals surface area contributed by atoms with E-state index in [0.717, 1.165) is 103 Å². The second kappa shape index (κ2) is 35.9. The van der Waals surface area contributed by atoms with Gasteiger partial charge in [-0.05, 0) is 124 Å². The van der Waals surface area contributed by atoms with E-state index in [1.165, 1.54) is 64.2 Å². The van der Waals surface area contributed by atoms with Crippen molar-refractivity contribution in [2.45, 2.75) is 180 Å². The van der Waals surface area contributed by atoms with Crippen molar-refractivity contribution in [1.29, 1.82) is 0 Å². The quantitative estimate of drug-likeness (QED) is 0.0393. The molecule has 0 saturated heterocycles. The number of carbonyl (C=O) groups excluding carboxylic acids is 3. The molecule has 9 nitrogen and oxygen atoms in total. The summed E-state index contributed by atoms with van der Waals surface area (Å²) in [5.74, 6) is -0.172. The van der Waals surface area contributed by atoms with Crippen LogP contribution < -0.4 is 5.32 Å². The van der Waals surface area contributed by atoms with E-state index in [1.807, 2.05) is 0 Å². The van der Waals surface area contributed by atoms with Gasteiger partial charge in [0.05, 0.1) is 13.2 Å². The fourth-order valence-electron chi connectivity index (χ4n) is 5.83. The van der Waals surface area contributed by atoms with E-state index in [1.54, 1.807) is 0 Å². The lowest BCUT2D eigenvalue weighted by Crippen LogP contribution is -2.32. The van der Waals surface area contributed by atoms with E-state index < -0.39 is 0 Å². The Balaban J connectivity index is 4.34. The minimum absolute atomic E-state index is 0.0861. The van der Waals surface area contributed by atoms with Gasteiger partial charge in [0.1, 0.15) is 6.10 Å². The molecule has 0 radical (unpaired) electrons. The SMILES string of the molecule is CCCCCCCCC(=O)OCCCCCC(CCCCCOC(=O)CCCCCCCC)OC(=O)NCCCN(C)CCCCN(C)C. The highest BCUT2D eigenvalue weighted by atomic mass is 16.6. The van der Waals surface area contributed by atoms with Crippen LogP contribution in [0.3, 0.4) is 0 Å². The molecule has 1 amide bonds. The van der Waals surface area contributed by atoms with Gasteiger partial charge in [0.25, 0.3) is 0 Å². The van der Waals surface area contributed by atoms with Gasteiger partial charge in [0.2, 0.25) is 0 Å². The number of hydrogen-bond donors (Lipinski definition) is 1. The van der Waals surface area contributed by atoms with Gasteiger partial charge in [0.15, 0.2) is 0 Å². The van der Waals surface area contributed by atoms with Crippen LogP contribution in [0.1, 0.15) is 174 Å². The largest absolute Gasteiger partial charge is 0.466 e. The molecule has 0 aliphatic carbocycles. The molecule has 0 atom stereocenters. The normalized spacial score (nSPS) is 11.4. The molecule has 0 aliphatic heterocycles. The molecule has 0 aliphatic rings. The lowest BCUT2D eigenvalue weighted by Gasteiger charge is -2.19. The number of esters is 2. The van der Waals surface area contributed by atoms with E-state index in [4.69, 9.17) is 14.2 Å². The number of amides is 1. The predicted octanol–water partition coefficient (Wildman–Crippen LogP) is 9.45. The first-order valence-electron chi connectivity index (χ1n) is 20.4. The molecule has 0 aromatic heterocycles. The molecule has 0 bridgehead atoms. The summed E-state index contributed by atoms with van der Waals surface area (Å²) < 4.78 is 16.7. The second-order valence-electron chi connectivity index (χ2n) is 14.3. The minimum Gasteiger partial charge on any atom is -0.466 e. The van der Waals surface area contributed by atoms with Crippen LogP contribution in [0.2, 0.25) is 0 Å². The molecule has 0 unspecified atom stereocenters. The zero-order valence-corrected chi connectivity index (χ0v) is 32.8. The van der Waals surface area contributed by atoms with Crippen molar-refractivity contribution in [2.24, 2.45) is 0 Å². The maximum absolute atomic E-state index is 12.6. The van der Waals surface area contributed by atoms with E-state index >= 15 is 0 Å². The Morgan fingerprint density at radius 1 is 0.531 bits per heavy atom. The van der Waals surface area contributed by atoms with Crippen LogP contribution in [0.15, 0.2) is 0 Å². The highest BCUT2D eigenvalue weighted by molar-refractivity contribution is 5.69. The minimum atomic E-state index is -0.342. The molecule has 0 saturated carbocycles. The third-order valence-corrected chi connectivity index (χ3v) is 8.99. The molecule has 0 rings (SSSR count). The van der Waals surface area contributed by atoms with Crippen molar-refractivity contribution in [3.8, 4) is 0 Å². The Bertz CT molecular complexity index is 726. The van der Waals surface area contributed by atoms with E-state index in [9.17, 15) is 14.4 Å². The third-order valence-electron chi connectivity index (χ3n) is 8.99. The summed E-state index contributed by atoms with van der Waals surface area (Å²) >= 11 is 0. The zero-order valence-electron chi connectivity index (χ0n) is 32.8. The summed E-state index contributed by atoms with van der Waals surface area (Å²) in [6.07, 6.45) is 24.7. The van der Waals surface area contributed by atoms with E-state index in [2.05, 4.69) is 50.1 Å². The Morgan fingerprint density at radius 3 is 1.49 bits per heavy atom. The standard InChI is InChI=1S/C40H79N3O6/c1-6-8-10-12-14-20-29-38(44)47-35-24-16-18-27-37(28-19-17-25-36-48-39(45)30-21-15-13-11-9-7-2)49-40(46)41-31-26-34-43(5)33-23-22-32-42(3)4/h37H,6-36H2,1-5H3,(H,41,46). The lowest BCUT2D eigenvalue weighted by atomic mass is 10.0. The van der Waals surface area contributed by atoms with Gasteiger partial charge in [-0.2, -0.15) is 0 Å². The lowest BCUT2D eigenvalue weighted by molar-refractivity contribution is -0.144. The van der Waals surface area contributed by atoms with Crippen LogP contribution in [0, 0.1) is 0 Å². The van der Waals surface area contributed by atoms with Crippen molar-refractivity contribution < 1.29 is 28.6 Å². The molecule has 0 fully saturated rings. The Labute approximate surface area is 302 Å². The van der Waals surface area contributed by atoms with E-state index in [0.29, 0.717) is 32.6 Å². The molecule has 0 spiro atoms. The first-order chi connectivity index (χ1) is 23.8. The van der Waals surface area contributed by atoms with Gasteiger partial charge < -0.3 is 29.3 Å². The van der Waals surface area contributed by atoms with Gasteiger partial charge in [-0.25, -0.2) is 4.79 Å². The molecule has 9 heteroatoms.